The molecule has 0 atom stereocenters. The fraction of sp³-hybridized carbons (Fsp3) is 0.636. The minimum Gasteiger partial charge on any atom is -0.466 e. The first kappa shape index (κ1) is 11.8. The first-order chi connectivity index (χ1) is 7.26. The number of carbonyl (C=O) groups excluding carboxylic acids is 1. The highest BCUT2D eigenvalue weighted by molar-refractivity contribution is 5.69. The Morgan fingerprint density at radius 2 is 2.33 bits per heavy atom. The van der Waals surface area contributed by atoms with E-state index >= 15 is 0 Å². The number of ether oxygens (including phenoxy) is 1. The standard InChI is InChI=1S/C11H18N2O2/c1-3-7-13-8-10(12-9-13)5-6-11(14)15-4-2/h8-9H,3-7H2,1-2H3. The van der Waals surface area contributed by atoms with E-state index in [0.29, 0.717) is 19.4 Å². The Balaban J connectivity index is 2.34. The minimum atomic E-state index is -0.150. The van der Waals surface area contributed by atoms with Gasteiger partial charge in [-0.15, -0.1) is 0 Å². The SMILES string of the molecule is CCCn1cnc(CCC(=O)OCC)c1. The number of carbonyl (C=O) groups is 1. The van der Waals surface area contributed by atoms with Gasteiger partial charge in [0.15, 0.2) is 0 Å². The van der Waals surface area contributed by atoms with E-state index < -0.39 is 0 Å². The quantitative estimate of drug-likeness (QED) is 0.672. The molecule has 0 bridgehead atoms. The summed E-state index contributed by atoms with van der Waals surface area (Å²) in [4.78, 5) is 15.3. The Hall–Kier alpha value is -1.32. The van der Waals surface area contributed by atoms with Gasteiger partial charge in [-0.05, 0) is 13.3 Å². The molecule has 0 aliphatic rings. The van der Waals surface area contributed by atoms with Crippen LogP contribution < -0.4 is 0 Å². The summed E-state index contributed by atoms with van der Waals surface area (Å²) in [6.07, 6.45) is 5.97. The zero-order chi connectivity index (χ0) is 11.1. The third-order valence-corrected chi connectivity index (χ3v) is 2.06. The Kier molecular flexibility index (Phi) is 4.87. The zero-order valence-corrected chi connectivity index (χ0v) is 9.40. The lowest BCUT2D eigenvalue weighted by atomic mass is 10.2. The van der Waals surface area contributed by atoms with Crippen molar-refractivity contribution in [2.45, 2.75) is 39.7 Å². The molecule has 0 amide bonds. The van der Waals surface area contributed by atoms with Crippen LogP contribution in [0.2, 0.25) is 0 Å². The average molecular weight is 210 g/mol. The Morgan fingerprint density at radius 1 is 1.53 bits per heavy atom. The van der Waals surface area contributed by atoms with Gasteiger partial charge in [0.1, 0.15) is 0 Å². The summed E-state index contributed by atoms with van der Waals surface area (Å²) in [5, 5.41) is 0. The van der Waals surface area contributed by atoms with Crippen LogP contribution >= 0.6 is 0 Å². The predicted octanol–water partition coefficient (Wildman–Crippen LogP) is 1.79. The second kappa shape index (κ2) is 6.22. The summed E-state index contributed by atoms with van der Waals surface area (Å²) < 4.78 is 6.89. The predicted molar refractivity (Wildman–Crippen MR) is 57.5 cm³/mol. The van der Waals surface area contributed by atoms with Gasteiger partial charge in [0.25, 0.3) is 0 Å². The van der Waals surface area contributed by atoms with E-state index in [0.717, 1.165) is 18.7 Å². The van der Waals surface area contributed by atoms with Crippen LogP contribution in [-0.2, 0) is 22.5 Å². The minimum absolute atomic E-state index is 0.150. The van der Waals surface area contributed by atoms with E-state index in [1.54, 1.807) is 0 Å². The highest BCUT2D eigenvalue weighted by Gasteiger charge is 2.04. The van der Waals surface area contributed by atoms with Crippen LogP contribution in [0, 0.1) is 0 Å². The molecule has 0 aromatic carbocycles. The van der Waals surface area contributed by atoms with Crippen molar-refractivity contribution in [3.05, 3.63) is 18.2 Å². The lowest BCUT2D eigenvalue weighted by Crippen LogP contribution is -2.05. The van der Waals surface area contributed by atoms with Crippen LogP contribution in [-0.4, -0.2) is 22.1 Å². The van der Waals surface area contributed by atoms with Crippen LogP contribution in [0.15, 0.2) is 12.5 Å². The number of esters is 1. The van der Waals surface area contributed by atoms with Gasteiger partial charge in [0.2, 0.25) is 0 Å². The largest absolute Gasteiger partial charge is 0.466 e. The van der Waals surface area contributed by atoms with Crippen LogP contribution in [0.3, 0.4) is 0 Å². The maximum Gasteiger partial charge on any atom is 0.306 e. The van der Waals surface area contributed by atoms with Crippen LogP contribution in [0.4, 0.5) is 0 Å². The lowest BCUT2D eigenvalue weighted by molar-refractivity contribution is -0.143. The number of aromatic nitrogens is 2. The van der Waals surface area contributed by atoms with Crippen LogP contribution in [0.1, 0.15) is 32.4 Å². The van der Waals surface area contributed by atoms with E-state index in [1.165, 1.54) is 0 Å². The molecule has 0 saturated heterocycles. The highest BCUT2D eigenvalue weighted by atomic mass is 16.5. The molecule has 0 aliphatic carbocycles. The second-order valence-electron chi connectivity index (χ2n) is 3.41. The van der Waals surface area contributed by atoms with E-state index in [4.69, 9.17) is 4.74 Å². The maximum atomic E-state index is 11.1. The van der Waals surface area contributed by atoms with Gasteiger partial charge in [-0.1, -0.05) is 6.92 Å². The van der Waals surface area contributed by atoms with E-state index in [9.17, 15) is 4.79 Å². The molecule has 4 nitrogen and oxygen atoms in total. The number of rotatable bonds is 6. The lowest BCUT2D eigenvalue weighted by Gasteiger charge is -1.99. The van der Waals surface area contributed by atoms with Crippen molar-refractivity contribution in [2.75, 3.05) is 6.61 Å². The normalized spacial score (nSPS) is 10.3. The Labute approximate surface area is 90.3 Å². The van der Waals surface area contributed by atoms with Gasteiger partial charge in [-0.2, -0.15) is 0 Å². The Morgan fingerprint density at radius 3 is 3.00 bits per heavy atom. The molecule has 0 spiro atoms. The first-order valence-electron chi connectivity index (χ1n) is 5.42. The number of hydrogen-bond donors (Lipinski definition) is 0. The third kappa shape index (κ3) is 4.14. The van der Waals surface area contributed by atoms with Crippen molar-refractivity contribution in [1.82, 2.24) is 9.55 Å². The summed E-state index contributed by atoms with van der Waals surface area (Å²) in [6.45, 7) is 5.36. The smallest absolute Gasteiger partial charge is 0.306 e. The van der Waals surface area contributed by atoms with Gasteiger partial charge in [0.05, 0.1) is 25.0 Å². The molecule has 0 saturated carbocycles. The Bertz CT molecular complexity index is 307. The summed E-state index contributed by atoms with van der Waals surface area (Å²) >= 11 is 0. The van der Waals surface area contributed by atoms with Crippen molar-refractivity contribution >= 4 is 5.97 Å². The van der Waals surface area contributed by atoms with Gasteiger partial charge in [-0.25, -0.2) is 4.98 Å². The summed E-state index contributed by atoms with van der Waals surface area (Å²) in [5.74, 6) is -0.150. The molecule has 84 valence electrons. The molecule has 0 fully saturated rings. The monoisotopic (exact) mass is 210 g/mol. The highest BCUT2D eigenvalue weighted by Crippen LogP contribution is 2.02. The van der Waals surface area contributed by atoms with Crippen LogP contribution in [0.25, 0.3) is 0 Å². The number of imidazole rings is 1. The summed E-state index contributed by atoms with van der Waals surface area (Å²) in [7, 11) is 0. The molecule has 1 aromatic heterocycles. The molecule has 1 rings (SSSR count). The molecule has 15 heavy (non-hydrogen) atoms. The molecular formula is C11H18N2O2. The first-order valence-corrected chi connectivity index (χ1v) is 5.42. The van der Waals surface area contributed by atoms with E-state index in [2.05, 4.69) is 11.9 Å². The van der Waals surface area contributed by atoms with E-state index in [-0.39, 0.29) is 5.97 Å². The van der Waals surface area contributed by atoms with Crippen molar-refractivity contribution in [3.8, 4) is 0 Å². The molecule has 0 unspecified atom stereocenters. The molecule has 0 aliphatic heterocycles. The maximum absolute atomic E-state index is 11.1. The van der Waals surface area contributed by atoms with Gasteiger partial charge in [-0.3, -0.25) is 4.79 Å². The average Bonchev–Trinajstić information content (AvgIpc) is 2.64. The molecule has 1 aromatic rings. The van der Waals surface area contributed by atoms with Crippen molar-refractivity contribution in [2.24, 2.45) is 0 Å². The topological polar surface area (TPSA) is 44.1 Å². The molecule has 1 heterocycles. The van der Waals surface area contributed by atoms with Gasteiger partial charge in [0, 0.05) is 19.2 Å². The second-order valence-corrected chi connectivity index (χ2v) is 3.41. The zero-order valence-electron chi connectivity index (χ0n) is 9.40. The number of aryl methyl sites for hydroxylation is 2. The fourth-order valence-electron chi connectivity index (χ4n) is 1.38. The van der Waals surface area contributed by atoms with Crippen molar-refractivity contribution in [1.29, 1.82) is 0 Å². The van der Waals surface area contributed by atoms with Gasteiger partial charge < -0.3 is 9.30 Å². The molecular weight excluding hydrogens is 192 g/mol. The summed E-state index contributed by atoms with van der Waals surface area (Å²) in [5.41, 5.74) is 0.955. The van der Waals surface area contributed by atoms with Crippen molar-refractivity contribution in [3.63, 3.8) is 0 Å². The van der Waals surface area contributed by atoms with Crippen molar-refractivity contribution < 1.29 is 9.53 Å². The molecule has 0 N–H and O–H groups in total. The fourth-order valence-corrected chi connectivity index (χ4v) is 1.38. The van der Waals surface area contributed by atoms with Gasteiger partial charge >= 0.3 is 5.97 Å². The van der Waals surface area contributed by atoms with Crippen LogP contribution in [0.5, 0.6) is 0 Å². The number of nitrogens with zero attached hydrogens (tertiary/aromatic N) is 2. The molecule has 4 heteroatoms. The van der Waals surface area contributed by atoms with E-state index in [1.807, 2.05) is 24.0 Å². The summed E-state index contributed by atoms with van der Waals surface area (Å²) in [6, 6.07) is 0. The molecule has 0 radical (unpaired) electrons. The number of hydrogen-bond acceptors (Lipinski definition) is 3. The third-order valence-electron chi connectivity index (χ3n) is 2.06.